The minimum Gasteiger partial charge on any atom is -0.248 e. The van der Waals surface area contributed by atoms with E-state index in [1.54, 1.807) is 20.9 Å². The first-order valence-corrected chi connectivity index (χ1v) is 10.5. The molecular weight excluding hydrogens is 469 g/mol. The lowest BCUT2D eigenvalue weighted by molar-refractivity contribution is -0.137. The monoisotopic (exact) mass is 483 g/mol. The van der Waals surface area contributed by atoms with Crippen molar-refractivity contribution in [2.75, 3.05) is 0 Å². The molecule has 0 bridgehead atoms. The van der Waals surface area contributed by atoms with E-state index in [1.807, 2.05) is 0 Å². The molecule has 10 heteroatoms. The highest BCUT2D eigenvalue weighted by atomic mass is 35.5. The summed E-state index contributed by atoms with van der Waals surface area (Å²) < 4.78 is 69.1. The first kappa shape index (κ1) is 22.4. The van der Waals surface area contributed by atoms with E-state index in [0.717, 1.165) is 17.0 Å². The van der Waals surface area contributed by atoms with Crippen LogP contribution in [-0.2, 0) is 13.2 Å². The topological polar surface area (TPSA) is 30.7 Å². The minimum absolute atomic E-state index is 0.0643. The molecule has 2 heterocycles. The molecule has 32 heavy (non-hydrogen) atoms. The third kappa shape index (κ3) is 3.80. The molecule has 0 fully saturated rings. The Hall–Kier alpha value is -2.78. The molecule has 0 saturated heterocycles. The molecule has 0 aliphatic rings. The van der Waals surface area contributed by atoms with Gasteiger partial charge >= 0.3 is 6.18 Å². The summed E-state index contributed by atoms with van der Waals surface area (Å²) in [5, 5.41) is 4.45. The second-order valence-electron chi connectivity index (χ2n) is 7.16. The molecule has 0 spiro atoms. The van der Waals surface area contributed by atoms with Crippen LogP contribution in [0.3, 0.4) is 0 Å². The van der Waals surface area contributed by atoms with E-state index >= 15 is 0 Å². The van der Waals surface area contributed by atoms with Gasteiger partial charge in [-0.15, -0.1) is 11.3 Å². The van der Waals surface area contributed by atoms with Gasteiger partial charge in [-0.25, -0.2) is 18.4 Å². The average molecular weight is 484 g/mol. The van der Waals surface area contributed by atoms with Gasteiger partial charge in [0.2, 0.25) is 0 Å². The van der Waals surface area contributed by atoms with Crippen molar-refractivity contribution in [2.45, 2.75) is 20.0 Å². The highest BCUT2D eigenvalue weighted by Gasteiger charge is 2.32. The Labute approximate surface area is 189 Å². The van der Waals surface area contributed by atoms with Gasteiger partial charge in [-0.1, -0.05) is 23.7 Å². The van der Waals surface area contributed by atoms with Crippen LogP contribution in [0.2, 0.25) is 5.02 Å². The Morgan fingerprint density at radius 1 is 1.00 bits per heavy atom. The second-order valence-corrected chi connectivity index (χ2v) is 8.79. The highest BCUT2D eigenvalue weighted by molar-refractivity contribution is 7.16. The van der Waals surface area contributed by atoms with E-state index in [4.69, 9.17) is 11.6 Å². The Morgan fingerprint density at radius 2 is 1.72 bits per heavy atom. The number of aromatic nitrogens is 3. The predicted molar refractivity (Wildman–Crippen MR) is 115 cm³/mol. The van der Waals surface area contributed by atoms with Gasteiger partial charge in [-0.05, 0) is 43.7 Å². The molecule has 0 amide bonds. The van der Waals surface area contributed by atoms with Crippen molar-refractivity contribution in [3.8, 4) is 33.2 Å². The van der Waals surface area contributed by atoms with Crippen LogP contribution in [0.5, 0.6) is 0 Å². The molecular formula is C22H15ClF5N3S. The standard InChI is InChI=1S/C22H15ClF5N3S/c1-10-17(21-29-20(30-31(21)3)18-14(23)5-4-6-15(18)24)11(2)32-19(10)13-8-7-12(9-16(13)25)22(26,27)28/h4-9H,1-3H3. The fourth-order valence-electron chi connectivity index (χ4n) is 3.54. The van der Waals surface area contributed by atoms with Gasteiger partial charge < -0.3 is 0 Å². The number of thiophene rings is 1. The average Bonchev–Trinajstić information content (AvgIpc) is 3.19. The van der Waals surface area contributed by atoms with Crippen molar-refractivity contribution in [2.24, 2.45) is 7.05 Å². The van der Waals surface area contributed by atoms with Crippen LogP contribution in [-0.4, -0.2) is 14.8 Å². The zero-order valence-electron chi connectivity index (χ0n) is 17.0. The molecule has 0 radical (unpaired) electrons. The number of halogens is 6. The van der Waals surface area contributed by atoms with Crippen LogP contribution in [0.4, 0.5) is 22.0 Å². The number of hydrogen-bond donors (Lipinski definition) is 0. The summed E-state index contributed by atoms with van der Waals surface area (Å²) in [6, 6.07) is 6.73. The lowest BCUT2D eigenvalue weighted by Gasteiger charge is -2.09. The van der Waals surface area contributed by atoms with Crippen LogP contribution in [0.15, 0.2) is 36.4 Å². The summed E-state index contributed by atoms with van der Waals surface area (Å²) in [4.78, 5) is 5.71. The first-order chi connectivity index (χ1) is 15.0. The molecule has 0 N–H and O–H groups in total. The number of rotatable bonds is 3. The van der Waals surface area contributed by atoms with Gasteiger partial charge in [-0.2, -0.15) is 18.3 Å². The third-order valence-corrected chi connectivity index (χ3v) is 6.59. The maximum Gasteiger partial charge on any atom is 0.416 e. The third-order valence-electron chi connectivity index (χ3n) is 5.04. The largest absolute Gasteiger partial charge is 0.416 e. The summed E-state index contributed by atoms with van der Waals surface area (Å²) in [5.74, 6) is -1.03. The lowest BCUT2D eigenvalue weighted by atomic mass is 10.0. The summed E-state index contributed by atoms with van der Waals surface area (Å²) in [6.07, 6.45) is -4.63. The van der Waals surface area contributed by atoms with E-state index in [0.29, 0.717) is 27.9 Å². The minimum atomic E-state index is -4.63. The zero-order valence-corrected chi connectivity index (χ0v) is 18.6. The molecule has 4 aromatic rings. The van der Waals surface area contributed by atoms with Gasteiger partial charge in [0, 0.05) is 27.9 Å². The van der Waals surface area contributed by atoms with Crippen molar-refractivity contribution >= 4 is 22.9 Å². The molecule has 0 unspecified atom stereocenters. The summed E-state index contributed by atoms with van der Waals surface area (Å²) in [5.41, 5.74) is 0.361. The highest BCUT2D eigenvalue weighted by Crippen LogP contribution is 2.43. The number of nitrogens with zero attached hydrogens (tertiary/aromatic N) is 3. The molecule has 0 saturated carbocycles. The molecule has 0 aliphatic heterocycles. The molecule has 0 aliphatic carbocycles. The Morgan fingerprint density at radius 3 is 2.34 bits per heavy atom. The van der Waals surface area contributed by atoms with Crippen molar-refractivity contribution < 1.29 is 22.0 Å². The van der Waals surface area contributed by atoms with Crippen LogP contribution < -0.4 is 0 Å². The van der Waals surface area contributed by atoms with Crippen LogP contribution in [0, 0.1) is 25.5 Å². The SMILES string of the molecule is Cc1sc(-c2ccc(C(F)(F)F)cc2F)c(C)c1-c1nc(-c2c(F)cccc2Cl)nn1C. The van der Waals surface area contributed by atoms with E-state index < -0.39 is 23.4 Å². The smallest absolute Gasteiger partial charge is 0.248 e. The quantitative estimate of drug-likeness (QED) is 0.283. The molecule has 3 nitrogen and oxygen atoms in total. The van der Waals surface area contributed by atoms with E-state index in [-0.39, 0.29) is 22.0 Å². The van der Waals surface area contributed by atoms with Crippen molar-refractivity contribution in [1.29, 1.82) is 0 Å². The molecule has 0 atom stereocenters. The molecule has 166 valence electrons. The van der Waals surface area contributed by atoms with Gasteiger partial charge in [0.25, 0.3) is 0 Å². The first-order valence-electron chi connectivity index (χ1n) is 9.32. The molecule has 2 aromatic heterocycles. The normalized spacial score (nSPS) is 11.9. The fraction of sp³-hybridized carbons (Fsp3) is 0.182. The Kier molecular flexibility index (Phi) is 5.58. The van der Waals surface area contributed by atoms with Crippen molar-refractivity contribution in [1.82, 2.24) is 14.8 Å². The number of alkyl halides is 3. The maximum atomic E-state index is 14.6. The number of aryl methyl sites for hydroxylation is 2. The lowest BCUT2D eigenvalue weighted by Crippen LogP contribution is -2.05. The number of benzene rings is 2. The summed E-state index contributed by atoms with van der Waals surface area (Å²) >= 11 is 7.37. The van der Waals surface area contributed by atoms with Crippen LogP contribution in [0.25, 0.3) is 33.2 Å². The van der Waals surface area contributed by atoms with Gasteiger partial charge in [0.05, 0.1) is 16.1 Å². The predicted octanol–water partition coefficient (Wildman–Crippen LogP) is 7.44. The Balaban J connectivity index is 1.83. The van der Waals surface area contributed by atoms with Crippen molar-refractivity contribution in [3.05, 3.63) is 69.1 Å². The van der Waals surface area contributed by atoms with E-state index in [1.165, 1.54) is 34.2 Å². The second kappa shape index (κ2) is 7.97. The maximum absolute atomic E-state index is 14.6. The van der Waals surface area contributed by atoms with Gasteiger partial charge in [0.1, 0.15) is 11.6 Å². The van der Waals surface area contributed by atoms with Gasteiger partial charge in [-0.3, -0.25) is 0 Å². The van der Waals surface area contributed by atoms with E-state index in [9.17, 15) is 22.0 Å². The molecule has 2 aromatic carbocycles. The van der Waals surface area contributed by atoms with Crippen molar-refractivity contribution in [3.63, 3.8) is 0 Å². The zero-order chi connectivity index (χ0) is 23.4. The Bertz CT molecular complexity index is 1320. The van der Waals surface area contributed by atoms with Crippen LogP contribution in [0.1, 0.15) is 16.0 Å². The fourth-order valence-corrected chi connectivity index (χ4v) is 4.97. The summed E-state index contributed by atoms with van der Waals surface area (Å²) in [7, 11) is 1.63. The number of hydrogen-bond acceptors (Lipinski definition) is 3. The van der Waals surface area contributed by atoms with E-state index in [2.05, 4.69) is 10.1 Å². The van der Waals surface area contributed by atoms with Crippen LogP contribution >= 0.6 is 22.9 Å². The van der Waals surface area contributed by atoms with Gasteiger partial charge in [0.15, 0.2) is 11.6 Å². The molecule has 4 rings (SSSR count). The summed E-state index contributed by atoms with van der Waals surface area (Å²) in [6.45, 7) is 3.53.